The molecule has 216 valence electrons. The highest BCUT2D eigenvalue weighted by molar-refractivity contribution is 6.46. The SMILES string of the molecule is CCOc1ccc(C2/C(=C(\O)c3ccc(OCc4ccccc4C)cc3)C(=O)C(=O)N2CCCN(C)C)cc1OC. The normalized spacial score (nSPS) is 16.3. The van der Waals surface area contributed by atoms with Crippen LogP contribution in [0.25, 0.3) is 5.76 Å². The van der Waals surface area contributed by atoms with Crippen molar-refractivity contribution in [2.24, 2.45) is 0 Å². The third kappa shape index (κ3) is 6.72. The number of aliphatic hydroxyl groups excluding tert-OH is 1. The van der Waals surface area contributed by atoms with Gasteiger partial charge in [0.15, 0.2) is 11.5 Å². The van der Waals surface area contributed by atoms with Crippen molar-refractivity contribution >= 4 is 17.4 Å². The predicted octanol–water partition coefficient (Wildman–Crippen LogP) is 5.35. The average Bonchev–Trinajstić information content (AvgIpc) is 3.22. The molecule has 8 heteroatoms. The minimum Gasteiger partial charge on any atom is -0.507 e. The van der Waals surface area contributed by atoms with Gasteiger partial charge in [-0.15, -0.1) is 0 Å². The van der Waals surface area contributed by atoms with Crippen LogP contribution in [0.2, 0.25) is 0 Å². The second-order valence-electron chi connectivity index (χ2n) is 10.2. The Bertz CT molecular complexity index is 1410. The molecule has 8 nitrogen and oxygen atoms in total. The summed E-state index contributed by atoms with van der Waals surface area (Å²) in [5.41, 5.74) is 3.33. The maximum absolute atomic E-state index is 13.4. The summed E-state index contributed by atoms with van der Waals surface area (Å²) in [5, 5.41) is 11.4. The number of nitrogens with zero attached hydrogens (tertiary/aromatic N) is 2. The predicted molar refractivity (Wildman–Crippen MR) is 158 cm³/mol. The molecule has 0 spiro atoms. The average molecular weight is 559 g/mol. The number of aliphatic hydroxyl groups is 1. The van der Waals surface area contributed by atoms with Gasteiger partial charge in [-0.2, -0.15) is 0 Å². The van der Waals surface area contributed by atoms with Crippen LogP contribution in [0, 0.1) is 6.92 Å². The van der Waals surface area contributed by atoms with Crippen LogP contribution in [0.1, 0.15) is 41.6 Å². The van der Waals surface area contributed by atoms with Gasteiger partial charge in [0.05, 0.1) is 25.3 Å². The van der Waals surface area contributed by atoms with Gasteiger partial charge in [0.2, 0.25) is 0 Å². The third-order valence-electron chi connectivity index (χ3n) is 7.13. The number of carbonyl (C=O) groups excluding carboxylic acids is 2. The zero-order valence-corrected chi connectivity index (χ0v) is 24.3. The Kier molecular flexibility index (Phi) is 9.68. The van der Waals surface area contributed by atoms with Gasteiger partial charge in [0.25, 0.3) is 11.7 Å². The van der Waals surface area contributed by atoms with Gasteiger partial charge in [-0.05, 0) is 94.0 Å². The number of benzene rings is 3. The number of hydrogen-bond acceptors (Lipinski definition) is 7. The molecule has 1 saturated heterocycles. The van der Waals surface area contributed by atoms with Crippen LogP contribution in [-0.2, 0) is 16.2 Å². The number of aryl methyl sites for hydroxylation is 1. The molecule has 0 radical (unpaired) electrons. The van der Waals surface area contributed by atoms with Crippen LogP contribution < -0.4 is 14.2 Å². The summed E-state index contributed by atoms with van der Waals surface area (Å²) < 4.78 is 17.1. The van der Waals surface area contributed by atoms with Gasteiger partial charge in [-0.25, -0.2) is 0 Å². The molecule has 1 fully saturated rings. The van der Waals surface area contributed by atoms with E-state index in [-0.39, 0.29) is 11.3 Å². The standard InChI is InChI=1S/C33H38N2O6/c1-6-40-27-17-14-24(20-28(27)39-5)30-29(32(37)33(38)35(30)19-9-18-34(3)4)31(36)23-12-15-26(16-13-23)41-21-25-11-8-7-10-22(25)2/h7-8,10-17,20,30,36H,6,9,18-19,21H2,1-5H3/b31-29+. The van der Waals surface area contributed by atoms with Crippen LogP contribution in [-0.4, -0.2) is 67.5 Å². The van der Waals surface area contributed by atoms with Crippen molar-refractivity contribution in [1.82, 2.24) is 9.80 Å². The number of Topliss-reactive ketones (excluding diaryl/α,β-unsaturated/α-hetero) is 1. The molecule has 0 bridgehead atoms. The second-order valence-corrected chi connectivity index (χ2v) is 10.2. The molecule has 0 aromatic heterocycles. The molecule has 1 heterocycles. The molecular weight excluding hydrogens is 520 g/mol. The molecule has 0 aliphatic carbocycles. The van der Waals surface area contributed by atoms with Crippen LogP contribution >= 0.6 is 0 Å². The molecule has 1 atom stereocenters. The maximum atomic E-state index is 13.4. The molecule has 41 heavy (non-hydrogen) atoms. The minimum absolute atomic E-state index is 0.0413. The molecule has 4 rings (SSSR count). The summed E-state index contributed by atoms with van der Waals surface area (Å²) in [6.45, 7) is 5.88. The van der Waals surface area contributed by atoms with E-state index in [0.717, 1.165) is 17.7 Å². The van der Waals surface area contributed by atoms with E-state index >= 15 is 0 Å². The van der Waals surface area contributed by atoms with E-state index < -0.39 is 17.7 Å². The Morgan fingerprint density at radius 3 is 2.37 bits per heavy atom. The zero-order chi connectivity index (χ0) is 29.5. The number of ketones is 1. The van der Waals surface area contributed by atoms with E-state index in [1.807, 2.05) is 57.1 Å². The number of carbonyl (C=O) groups is 2. The summed E-state index contributed by atoms with van der Waals surface area (Å²) in [4.78, 5) is 30.2. The number of rotatable bonds is 12. The smallest absolute Gasteiger partial charge is 0.295 e. The van der Waals surface area contributed by atoms with Crippen molar-refractivity contribution in [3.63, 3.8) is 0 Å². The van der Waals surface area contributed by atoms with Gasteiger partial charge in [-0.1, -0.05) is 30.3 Å². The summed E-state index contributed by atoms with van der Waals surface area (Å²) in [6.07, 6.45) is 0.664. The highest BCUT2D eigenvalue weighted by Gasteiger charge is 2.46. The first-order valence-electron chi connectivity index (χ1n) is 13.8. The summed E-state index contributed by atoms with van der Waals surface area (Å²) >= 11 is 0. The Hall–Kier alpha value is -4.30. The fourth-order valence-corrected chi connectivity index (χ4v) is 4.94. The third-order valence-corrected chi connectivity index (χ3v) is 7.13. The monoisotopic (exact) mass is 558 g/mol. The maximum Gasteiger partial charge on any atom is 0.295 e. The lowest BCUT2D eigenvalue weighted by Crippen LogP contribution is -2.32. The van der Waals surface area contributed by atoms with Crippen molar-refractivity contribution in [2.75, 3.05) is 40.9 Å². The lowest BCUT2D eigenvalue weighted by molar-refractivity contribution is -0.139. The molecule has 1 aliphatic heterocycles. The molecule has 1 aliphatic rings. The zero-order valence-electron chi connectivity index (χ0n) is 24.3. The molecular formula is C33H38N2O6. The first-order chi connectivity index (χ1) is 19.7. The van der Waals surface area contributed by atoms with Gasteiger partial charge in [0, 0.05) is 12.1 Å². The van der Waals surface area contributed by atoms with Gasteiger partial charge in [0.1, 0.15) is 18.1 Å². The number of methoxy groups -OCH3 is 1. The first-order valence-corrected chi connectivity index (χ1v) is 13.8. The lowest BCUT2D eigenvalue weighted by Gasteiger charge is -2.26. The summed E-state index contributed by atoms with van der Waals surface area (Å²) in [6, 6.07) is 19.4. The van der Waals surface area contributed by atoms with Gasteiger partial charge >= 0.3 is 0 Å². The number of hydrogen-bond donors (Lipinski definition) is 1. The second kappa shape index (κ2) is 13.4. The number of amides is 1. The molecule has 3 aromatic rings. The van der Waals surface area contributed by atoms with Crippen molar-refractivity contribution in [3.05, 3.63) is 94.6 Å². The van der Waals surface area contributed by atoms with Crippen molar-refractivity contribution in [2.45, 2.75) is 32.9 Å². The Labute approximate surface area is 241 Å². The Morgan fingerprint density at radius 2 is 1.71 bits per heavy atom. The van der Waals surface area contributed by atoms with Crippen LogP contribution in [0.4, 0.5) is 0 Å². The van der Waals surface area contributed by atoms with E-state index in [2.05, 4.69) is 0 Å². The Morgan fingerprint density at radius 1 is 0.976 bits per heavy atom. The van der Waals surface area contributed by atoms with Gasteiger partial charge in [-0.3, -0.25) is 9.59 Å². The largest absolute Gasteiger partial charge is 0.507 e. The van der Waals surface area contributed by atoms with Gasteiger partial charge < -0.3 is 29.1 Å². The van der Waals surface area contributed by atoms with Crippen molar-refractivity contribution in [3.8, 4) is 17.2 Å². The molecule has 3 aromatic carbocycles. The fourth-order valence-electron chi connectivity index (χ4n) is 4.94. The van der Waals surface area contributed by atoms with Crippen molar-refractivity contribution < 1.29 is 28.9 Å². The van der Waals surface area contributed by atoms with Crippen LogP contribution in [0.3, 0.4) is 0 Å². The lowest BCUT2D eigenvalue weighted by atomic mass is 9.95. The van der Waals surface area contributed by atoms with Crippen LogP contribution in [0.15, 0.2) is 72.3 Å². The van der Waals surface area contributed by atoms with E-state index in [1.165, 1.54) is 4.90 Å². The molecule has 0 saturated carbocycles. The summed E-state index contributed by atoms with van der Waals surface area (Å²) in [5.74, 6) is 0.0814. The van der Waals surface area contributed by atoms with Crippen LogP contribution in [0.5, 0.6) is 17.2 Å². The van der Waals surface area contributed by atoms with E-state index in [0.29, 0.717) is 54.6 Å². The molecule has 1 unspecified atom stereocenters. The Balaban J connectivity index is 1.68. The minimum atomic E-state index is -0.779. The van der Waals surface area contributed by atoms with E-state index in [4.69, 9.17) is 14.2 Å². The highest BCUT2D eigenvalue weighted by Crippen LogP contribution is 2.42. The fraction of sp³-hybridized carbons (Fsp3) is 0.333. The topological polar surface area (TPSA) is 88.5 Å². The number of likely N-dealkylation sites (tertiary alicyclic amines) is 1. The highest BCUT2D eigenvalue weighted by atomic mass is 16.5. The summed E-state index contributed by atoms with van der Waals surface area (Å²) in [7, 11) is 5.45. The first kappa shape index (κ1) is 29.7. The van der Waals surface area contributed by atoms with Crippen molar-refractivity contribution in [1.29, 1.82) is 0 Å². The van der Waals surface area contributed by atoms with E-state index in [1.54, 1.807) is 49.6 Å². The van der Waals surface area contributed by atoms with E-state index in [9.17, 15) is 14.7 Å². The quantitative estimate of drug-likeness (QED) is 0.182. The number of ether oxygens (including phenoxy) is 3. The molecule has 1 amide bonds. The molecule has 1 N–H and O–H groups in total.